The minimum atomic E-state index is -0.331. The summed E-state index contributed by atoms with van der Waals surface area (Å²) in [5.41, 5.74) is 0.642. The van der Waals surface area contributed by atoms with E-state index in [0.29, 0.717) is 16.3 Å². The average Bonchev–Trinajstić information content (AvgIpc) is 3.26. The van der Waals surface area contributed by atoms with Crippen molar-refractivity contribution in [2.24, 2.45) is 0 Å². The molecule has 0 fully saturated rings. The predicted octanol–water partition coefficient (Wildman–Crippen LogP) is 3.19. The molecule has 0 aliphatic heterocycles. The van der Waals surface area contributed by atoms with Crippen molar-refractivity contribution in [3.8, 4) is 10.7 Å². The van der Waals surface area contributed by atoms with E-state index in [1.165, 1.54) is 11.3 Å². The summed E-state index contributed by atoms with van der Waals surface area (Å²) in [5.74, 6) is -0.0556. The summed E-state index contributed by atoms with van der Waals surface area (Å²) >= 11 is 10.0. The first kappa shape index (κ1) is 18.5. The zero-order valence-electron chi connectivity index (χ0n) is 13.4. The van der Waals surface area contributed by atoms with E-state index in [4.69, 9.17) is 12.2 Å². The van der Waals surface area contributed by atoms with Crippen LogP contribution in [0.1, 0.15) is 0 Å². The molecule has 2 aromatic heterocycles. The molecule has 0 saturated heterocycles. The van der Waals surface area contributed by atoms with Crippen molar-refractivity contribution in [1.29, 1.82) is 0 Å². The van der Waals surface area contributed by atoms with Crippen LogP contribution in [-0.2, 0) is 16.1 Å². The summed E-state index contributed by atoms with van der Waals surface area (Å²) in [4.78, 5) is 25.1. The van der Waals surface area contributed by atoms with Gasteiger partial charge in [0.25, 0.3) is 0 Å². The van der Waals surface area contributed by atoms with Crippen molar-refractivity contribution in [2.45, 2.75) is 6.54 Å². The van der Waals surface area contributed by atoms with Gasteiger partial charge in [-0.25, -0.2) is 0 Å². The third kappa shape index (κ3) is 4.45. The molecule has 1 aromatic carbocycles. The van der Waals surface area contributed by atoms with Gasteiger partial charge in [0, 0.05) is 4.47 Å². The summed E-state index contributed by atoms with van der Waals surface area (Å²) in [6, 6.07) is 11.0. The fraction of sp³-hybridized carbons (Fsp3) is 0.125. The molecule has 0 bridgehead atoms. The van der Waals surface area contributed by atoms with E-state index in [0.717, 1.165) is 9.35 Å². The Labute approximate surface area is 166 Å². The van der Waals surface area contributed by atoms with Gasteiger partial charge < -0.3 is 10.6 Å². The number of hydrogen-bond donors (Lipinski definition) is 3. The highest BCUT2D eigenvalue weighted by Crippen LogP contribution is 2.22. The highest BCUT2D eigenvalue weighted by atomic mass is 79.9. The van der Waals surface area contributed by atoms with Crippen molar-refractivity contribution >= 4 is 57.0 Å². The van der Waals surface area contributed by atoms with Gasteiger partial charge in [0.05, 0.1) is 17.1 Å². The molecule has 3 N–H and O–H groups in total. The lowest BCUT2D eigenvalue weighted by atomic mass is 10.3. The maximum Gasteiger partial charge on any atom is 0.243 e. The maximum atomic E-state index is 12.2. The van der Waals surface area contributed by atoms with Crippen LogP contribution in [0.5, 0.6) is 0 Å². The molecule has 3 rings (SSSR count). The van der Waals surface area contributed by atoms with Gasteiger partial charge in [-0.05, 0) is 51.7 Å². The molecule has 0 aliphatic rings. The second-order valence-electron chi connectivity index (χ2n) is 5.22. The summed E-state index contributed by atoms with van der Waals surface area (Å²) in [5, 5.41) is 14.1. The Morgan fingerprint density at radius 3 is 2.77 bits per heavy atom. The minimum Gasteiger partial charge on any atom is -0.345 e. The van der Waals surface area contributed by atoms with E-state index in [1.807, 2.05) is 35.7 Å². The van der Waals surface area contributed by atoms with E-state index >= 15 is 0 Å². The Hall–Kier alpha value is -2.30. The maximum absolute atomic E-state index is 12.2. The number of benzene rings is 1. The molecule has 2 heterocycles. The first-order chi connectivity index (χ1) is 12.5. The SMILES string of the molecule is O=C(Cn1c(-c2cccs2)n[nH]c1=S)NCC(=O)Nc1ccccc1Br. The van der Waals surface area contributed by atoms with E-state index in [2.05, 4.69) is 36.8 Å². The number of nitrogens with one attached hydrogen (secondary N) is 3. The molecule has 26 heavy (non-hydrogen) atoms. The molecule has 0 unspecified atom stereocenters. The molecule has 0 radical (unpaired) electrons. The number of halogens is 1. The van der Waals surface area contributed by atoms with Crippen molar-refractivity contribution < 1.29 is 9.59 Å². The number of hydrogen-bond acceptors (Lipinski definition) is 5. The molecule has 0 saturated carbocycles. The standard InChI is InChI=1S/C16H14BrN5O2S2/c17-10-4-1-2-5-11(10)19-13(23)8-18-14(24)9-22-15(20-21-16(22)25)12-6-3-7-26-12/h1-7H,8-9H2,(H,18,24)(H,19,23)(H,21,25). The molecular formula is C16H14BrN5O2S2. The number of aromatic nitrogens is 3. The molecule has 0 spiro atoms. The molecule has 10 heteroatoms. The van der Waals surface area contributed by atoms with Crippen LogP contribution in [0.3, 0.4) is 0 Å². The van der Waals surface area contributed by atoms with E-state index in [1.54, 1.807) is 10.6 Å². The number of amides is 2. The topological polar surface area (TPSA) is 91.8 Å². The molecule has 0 atom stereocenters. The van der Waals surface area contributed by atoms with E-state index in [9.17, 15) is 9.59 Å². The summed E-state index contributed by atoms with van der Waals surface area (Å²) in [7, 11) is 0. The minimum absolute atomic E-state index is 0.0229. The van der Waals surface area contributed by atoms with Crippen LogP contribution in [0.2, 0.25) is 0 Å². The Morgan fingerprint density at radius 1 is 1.23 bits per heavy atom. The van der Waals surface area contributed by atoms with Crippen LogP contribution >= 0.6 is 39.5 Å². The zero-order chi connectivity index (χ0) is 18.5. The van der Waals surface area contributed by atoms with Gasteiger partial charge in [-0.1, -0.05) is 18.2 Å². The van der Waals surface area contributed by atoms with Crippen LogP contribution in [0.25, 0.3) is 10.7 Å². The van der Waals surface area contributed by atoms with Crippen molar-refractivity contribution in [3.05, 3.63) is 51.0 Å². The summed E-state index contributed by atoms with van der Waals surface area (Å²) in [6.45, 7) is -0.162. The lowest BCUT2D eigenvalue weighted by molar-refractivity contribution is -0.124. The molecular weight excluding hydrogens is 438 g/mol. The highest BCUT2D eigenvalue weighted by molar-refractivity contribution is 9.10. The third-order valence-corrected chi connectivity index (χ3v) is 5.26. The van der Waals surface area contributed by atoms with Gasteiger partial charge in [-0.15, -0.1) is 11.3 Å². The Bertz CT molecular complexity index is 981. The normalized spacial score (nSPS) is 10.5. The van der Waals surface area contributed by atoms with Crippen molar-refractivity contribution in [1.82, 2.24) is 20.1 Å². The van der Waals surface area contributed by atoms with Gasteiger partial charge in [0.15, 0.2) is 10.6 Å². The van der Waals surface area contributed by atoms with E-state index < -0.39 is 0 Å². The number of carbonyl (C=O) groups excluding carboxylic acids is 2. The van der Waals surface area contributed by atoms with Crippen LogP contribution in [0, 0.1) is 4.77 Å². The number of H-pyrrole nitrogens is 1. The van der Waals surface area contributed by atoms with Crippen LogP contribution in [0.15, 0.2) is 46.3 Å². The monoisotopic (exact) mass is 451 g/mol. The summed E-state index contributed by atoms with van der Waals surface area (Å²) < 4.78 is 2.72. The van der Waals surface area contributed by atoms with Gasteiger partial charge in [0.2, 0.25) is 11.8 Å². The highest BCUT2D eigenvalue weighted by Gasteiger charge is 2.14. The Kier molecular flexibility index (Phi) is 5.96. The van der Waals surface area contributed by atoms with E-state index in [-0.39, 0.29) is 24.9 Å². The molecule has 2 amide bonds. The fourth-order valence-electron chi connectivity index (χ4n) is 2.19. The van der Waals surface area contributed by atoms with Crippen LogP contribution in [-0.4, -0.2) is 33.1 Å². The first-order valence-corrected chi connectivity index (χ1v) is 9.63. The number of carbonyl (C=O) groups is 2. The molecule has 7 nitrogen and oxygen atoms in total. The molecule has 3 aromatic rings. The number of nitrogens with zero attached hydrogens (tertiary/aromatic N) is 2. The van der Waals surface area contributed by atoms with Crippen LogP contribution < -0.4 is 10.6 Å². The third-order valence-electron chi connectivity index (χ3n) is 3.40. The number of rotatable bonds is 6. The predicted molar refractivity (Wildman–Crippen MR) is 107 cm³/mol. The number of thiophene rings is 1. The fourth-order valence-corrected chi connectivity index (χ4v) is 3.50. The van der Waals surface area contributed by atoms with Crippen LogP contribution in [0.4, 0.5) is 5.69 Å². The van der Waals surface area contributed by atoms with Gasteiger partial charge in [0.1, 0.15) is 6.54 Å². The second kappa shape index (κ2) is 8.39. The quantitative estimate of drug-likeness (QED) is 0.501. The number of anilines is 1. The lowest BCUT2D eigenvalue weighted by Crippen LogP contribution is -2.35. The smallest absolute Gasteiger partial charge is 0.243 e. The Morgan fingerprint density at radius 2 is 2.04 bits per heavy atom. The Balaban J connectivity index is 1.58. The largest absolute Gasteiger partial charge is 0.345 e. The van der Waals surface area contributed by atoms with Gasteiger partial charge in [-0.3, -0.25) is 19.3 Å². The lowest BCUT2D eigenvalue weighted by Gasteiger charge is -2.09. The van der Waals surface area contributed by atoms with Crippen molar-refractivity contribution in [3.63, 3.8) is 0 Å². The number of para-hydroxylation sites is 1. The second-order valence-corrected chi connectivity index (χ2v) is 7.41. The average molecular weight is 452 g/mol. The summed E-state index contributed by atoms with van der Waals surface area (Å²) in [6.07, 6.45) is 0. The zero-order valence-corrected chi connectivity index (χ0v) is 16.6. The molecule has 0 aliphatic carbocycles. The van der Waals surface area contributed by atoms with Crippen molar-refractivity contribution in [2.75, 3.05) is 11.9 Å². The number of aromatic amines is 1. The van der Waals surface area contributed by atoms with Gasteiger partial charge >= 0.3 is 0 Å². The first-order valence-electron chi connectivity index (χ1n) is 7.55. The van der Waals surface area contributed by atoms with Gasteiger partial charge in [-0.2, -0.15) is 5.10 Å². The molecule has 134 valence electrons.